The van der Waals surface area contributed by atoms with Crippen LogP contribution in [0.2, 0.25) is 0 Å². The largest absolute Gasteiger partial charge is 0.497 e. The van der Waals surface area contributed by atoms with E-state index >= 15 is 0 Å². The maximum atomic E-state index is 13.2. The number of rotatable bonds is 6. The van der Waals surface area contributed by atoms with E-state index in [-0.39, 0.29) is 45.7 Å². The Morgan fingerprint density at radius 1 is 1.00 bits per heavy atom. The number of nitrogens with one attached hydrogen (secondary N) is 1. The monoisotopic (exact) mass is 516 g/mol. The van der Waals surface area contributed by atoms with E-state index in [1.807, 2.05) is 0 Å². The first-order chi connectivity index (χ1) is 16.8. The van der Waals surface area contributed by atoms with Crippen molar-refractivity contribution < 1.29 is 28.7 Å². The number of hydrogen-bond donors (Lipinski definition) is 1. The SMILES string of the molecule is COc1ccc(NC(=O)COC(=O)c2cccc(N3C(=O)[C@@H]4[C@H]5C[C@@H]([C@H](Cl)[C@H]5Cl)[C@H]4C3=O)c2)cc1. The molecule has 1 N–H and O–H groups in total. The first-order valence-corrected chi connectivity index (χ1v) is 12.0. The summed E-state index contributed by atoms with van der Waals surface area (Å²) < 4.78 is 10.2. The number of carbonyl (C=O) groups excluding carboxylic acids is 4. The molecule has 10 heteroatoms. The molecule has 2 saturated carbocycles. The highest BCUT2D eigenvalue weighted by molar-refractivity contribution is 6.32. The van der Waals surface area contributed by atoms with Gasteiger partial charge < -0.3 is 14.8 Å². The van der Waals surface area contributed by atoms with Gasteiger partial charge in [-0.3, -0.25) is 19.3 Å². The van der Waals surface area contributed by atoms with Gasteiger partial charge in [0.2, 0.25) is 11.8 Å². The lowest BCUT2D eigenvalue weighted by Crippen LogP contribution is -2.37. The number of ether oxygens (including phenoxy) is 2. The fourth-order valence-corrected chi connectivity index (χ4v) is 6.35. The molecule has 2 bridgehead atoms. The lowest BCUT2D eigenvalue weighted by atomic mass is 9.80. The molecule has 35 heavy (non-hydrogen) atoms. The second-order valence-corrected chi connectivity index (χ2v) is 9.93. The maximum Gasteiger partial charge on any atom is 0.338 e. The number of imide groups is 1. The number of anilines is 2. The molecule has 1 saturated heterocycles. The zero-order valence-electron chi connectivity index (χ0n) is 18.6. The van der Waals surface area contributed by atoms with E-state index in [2.05, 4.69) is 5.32 Å². The van der Waals surface area contributed by atoms with Crippen molar-refractivity contribution in [2.45, 2.75) is 17.2 Å². The van der Waals surface area contributed by atoms with E-state index < -0.39 is 30.3 Å². The zero-order chi connectivity index (χ0) is 24.9. The summed E-state index contributed by atoms with van der Waals surface area (Å²) in [6.45, 7) is -0.502. The van der Waals surface area contributed by atoms with Crippen LogP contribution in [-0.2, 0) is 19.1 Å². The predicted molar refractivity (Wildman–Crippen MR) is 129 cm³/mol. The molecule has 2 aromatic rings. The van der Waals surface area contributed by atoms with Crippen LogP contribution in [0.1, 0.15) is 16.8 Å². The molecule has 0 radical (unpaired) electrons. The van der Waals surface area contributed by atoms with Crippen LogP contribution in [0.15, 0.2) is 48.5 Å². The van der Waals surface area contributed by atoms with Crippen molar-refractivity contribution >= 4 is 58.3 Å². The Labute approximate surface area is 211 Å². The standard InChI is InChI=1S/C25H22Cl2N2O6/c1-34-15-7-5-13(6-8-15)28-18(30)11-35-25(33)12-3-2-4-14(9-12)29-23(31)19-16-10-17(20(19)24(29)32)22(27)21(16)26/h2-9,16-17,19-22H,10-11H2,1H3,(H,28,30)/t16-,17-,19-,20-,21+,22+/m1/s1. The van der Waals surface area contributed by atoms with E-state index in [1.165, 1.54) is 19.2 Å². The van der Waals surface area contributed by atoms with Crippen LogP contribution >= 0.6 is 23.2 Å². The van der Waals surface area contributed by atoms with Gasteiger partial charge in [-0.05, 0) is 60.7 Å². The van der Waals surface area contributed by atoms with Gasteiger partial charge in [-0.15, -0.1) is 23.2 Å². The predicted octanol–water partition coefficient (Wildman–Crippen LogP) is 3.46. The number of amides is 3. The van der Waals surface area contributed by atoms with Crippen LogP contribution in [0, 0.1) is 23.7 Å². The summed E-state index contributed by atoms with van der Waals surface area (Å²) in [5.74, 6) is -2.48. The van der Waals surface area contributed by atoms with Crippen molar-refractivity contribution in [1.82, 2.24) is 0 Å². The van der Waals surface area contributed by atoms with E-state index in [9.17, 15) is 19.2 Å². The third-order valence-corrected chi connectivity index (χ3v) is 8.35. The van der Waals surface area contributed by atoms with Gasteiger partial charge in [-0.25, -0.2) is 4.79 Å². The Morgan fingerprint density at radius 2 is 1.63 bits per heavy atom. The van der Waals surface area contributed by atoms with Gasteiger partial charge >= 0.3 is 5.97 Å². The Hall–Kier alpha value is -3.10. The topological polar surface area (TPSA) is 102 Å². The summed E-state index contributed by atoms with van der Waals surface area (Å²) in [4.78, 5) is 52.2. The summed E-state index contributed by atoms with van der Waals surface area (Å²) in [5.41, 5.74) is 0.923. The Morgan fingerprint density at radius 3 is 2.23 bits per heavy atom. The number of nitrogens with zero attached hydrogens (tertiary/aromatic N) is 1. The number of hydrogen-bond acceptors (Lipinski definition) is 6. The molecule has 3 aliphatic rings. The number of benzene rings is 2. The molecule has 2 aliphatic carbocycles. The molecule has 0 spiro atoms. The second kappa shape index (κ2) is 9.17. The highest BCUT2D eigenvalue weighted by atomic mass is 35.5. The first-order valence-electron chi connectivity index (χ1n) is 11.2. The first kappa shape index (κ1) is 23.6. The molecular formula is C25H22Cl2N2O6. The summed E-state index contributed by atoms with van der Waals surface area (Å²) in [7, 11) is 1.54. The molecule has 1 heterocycles. The van der Waals surface area contributed by atoms with Crippen LogP contribution in [-0.4, -0.2) is 48.2 Å². The van der Waals surface area contributed by atoms with Crippen LogP contribution in [0.25, 0.3) is 0 Å². The minimum atomic E-state index is -0.752. The van der Waals surface area contributed by atoms with Crippen molar-refractivity contribution in [3.05, 3.63) is 54.1 Å². The van der Waals surface area contributed by atoms with Crippen LogP contribution in [0.5, 0.6) is 5.75 Å². The molecule has 6 atom stereocenters. The molecule has 5 rings (SSSR count). The molecule has 1 aliphatic heterocycles. The minimum absolute atomic E-state index is 0.116. The molecule has 182 valence electrons. The van der Waals surface area contributed by atoms with Crippen molar-refractivity contribution in [2.24, 2.45) is 23.7 Å². The average Bonchev–Trinajstić information content (AvgIpc) is 3.47. The third-order valence-electron chi connectivity index (χ3n) is 7.04. The number of methoxy groups -OCH3 is 1. The number of fused-ring (bicyclic) bond motifs is 5. The Bertz CT molecular complexity index is 1170. The molecule has 8 nitrogen and oxygen atoms in total. The van der Waals surface area contributed by atoms with E-state index in [0.29, 0.717) is 17.9 Å². The van der Waals surface area contributed by atoms with E-state index in [4.69, 9.17) is 32.7 Å². The fraction of sp³-hybridized carbons (Fsp3) is 0.360. The minimum Gasteiger partial charge on any atom is -0.497 e. The lowest BCUT2D eigenvalue weighted by Gasteiger charge is -2.28. The quantitative estimate of drug-likeness (QED) is 0.358. The van der Waals surface area contributed by atoms with Crippen molar-refractivity contribution in [2.75, 3.05) is 23.9 Å². The summed E-state index contributed by atoms with van der Waals surface area (Å²) in [6.07, 6.45) is 0.675. The maximum absolute atomic E-state index is 13.2. The van der Waals surface area contributed by atoms with Crippen LogP contribution in [0.3, 0.4) is 0 Å². The molecule has 0 unspecified atom stereocenters. The van der Waals surface area contributed by atoms with Gasteiger partial charge in [0.15, 0.2) is 6.61 Å². The fourth-order valence-electron chi connectivity index (χ4n) is 5.46. The van der Waals surface area contributed by atoms with Gasteiger partial charge in [0, 0.05) is 5.69 Å². The van der Waals surface area contributed by atoms with Crippen molar-refractivity contribution in [1.29, 1.82) is 0 Å². The Kier molecular flexibility index (Phi) is 6.19. The van der Waals surface area contributed by atoms with Gasteiger partial charge in [0.1, 0.15) is 5.75 Å². The zero-order valence-corrected chi connectivity index (χ0v) is 20.2. The van der Waals surface area contributed by atoms with Crippen molar-refractivity contribution in [3.8, 4) is 5.75 Å². The summed E-state index contributed by atoms with van der Waals surface area (Å²) in [6, 6.07) is 12.7. The van der Waals surface area contributed by atoms with Gasteiger partial charge in [-0.2, -0.15) is 0 Å². The second-order valence-electron chi connectivity index (χ2n) is 8.92. The van der Waals surface area contributed by atoms with Crippen LogP contribution in [0.4, 0.5) is 11.4 Å². The molecule has 2 aromatic carbocycles. The van der Waals surface area contributed by atoms with Crippen LogP contribution < -0.4 is 15.0 Å². The van der Waals surface area contributed by atoms with E-state index in [0.717, 1.165) is 4.90 Å². The lowest BCUT2D eigenvalue weighted by molar-refractivity contribution is -0.123. The number of carbonyl (C=O) groups is 4. The van der Waals surface area contributed by atoms with Gasteiger partial charge in [-0.1, -0.05) is 6.07 Å². The number of halogens is 2. The normalized spacial score (nSPS) is 28.7. The van der Waals surface area contributed by atoms with Gasteiger partial charge in [0.05, 0.1) is 41.0 Å². The number of esters is 1. The van der Waals surface area contributed by atoms with Gasteiger partial charge in [0.25, 0.3) is 5.91 Å². The Balaban J connectivity index is 1.24. The average molecular weight is 517 g/mol. The highest BCUT2D eigenvalue weighted by Crippen LogP contribution is 2.59. The molecule has 3 amide bonds. The van der Waals surface area contributed by atoms with Crippen molar-refractivity contribution in [3.63, 3.8) is 0 Å². The van der Waals surface area contributed by atoms with E-state index in [1.54, 1.807) is 36.4 Å². The third kappa shape index (κ3) is 4.04. The smallest absolute Gasteiger partial charge is 0.338 e. The molecular weight excluding hydrogens is 495 g/mol. The number of alkyl halides is 2. The molecule has 0 aromatic heterocycles. The molecule has 3 fully saturated rings. The summed E-state index contributed by atoms with van der Waals surface area (Å²) >= 11 is 12.8. The highest BCUT2D eigenvalue weighted by Gasteiger charge is 2.66. The summed E-state index contributed by atoms with van der Waals surface area (Å²) in [5, 5.41) is 1.94.